The first-order valence-corrected chi connectivity index (χ1v) is 5.60. The Kier molecular flexibility index (Phi) is 2.15. The van der Waals surface area contributed by atoms with Crippen LogP contribution in [0, 0.1) is 0 Å². The number of benzene rings is 2. The molecule has 0 amide bonds. The summed E-state index contributed by atoms with van der Waals surface area (Å²) in [4.78, 5) is 0. The molecule has 0 fully saturated rings. The minimum absolute atomic E-state index is 0.813. The Bertz CT molecular complexity index is 562. The lowest BCUT2D eigenvalue weighted by Crippen LogP contribution is -2.06. The molecule has 2 heteroatoms. The molecule has 3 rings (SSSR count). The molecule has 0 bridgehead atoms. The second kappa shape index (κ2) is 3.67. The van der Waals surface area contributed by atoms with E-state index < -0.39 is 0 Å². The summed E-state index contributed by atoms with van der Waals surface area (Å²) in [5.41, 5.74) is 10.0. The number of ether oxygens (including phenoxy) is 1. The lowest BCUT2D eigenvalue weighted by molar-refractivity contribution is 0.474. The van der Waals surface area contributed by atoms with E-state index in [4.69, 9.17) is 10.5 Å². The Morgan fingerprint density at radius 2 is 1.35 bits per heavy atom. The molecule has 0 saturated carbocycles. The number of hydrogen-bond acceptors (Lipinski definition) is 2. The predicted molar refractivity (Wildman–Crippen MR) is 68.8 cm³/mol. The van der Waals surface area contributed by atoms with Crippen molar-refractivity contribution in [2.45, 2.75) is 6.92 Å². The highest BCUT2D eigenvalue weighted by Crippen LogP contribution is 2.43. The maximum Gasteiger partial charge on any atom is 0.135 e. The largest absolute Gasteiger partial charge is 0.456 e. The average Bonchev–Trinajstić information content (AvgIpc) is 2.35. The van der Waals surface area contributed by atoms with E-state index in [-0.39, 0.29) is 0 Å². The average molecular weight is 223 g/mol. The Morgan fingerprint density at radius 3 is 1.82 bits per heavy atom. The number of nitrogens with two attached hydrogens (primary N) is 1. The molecule has 0 saturated heterocycles. The van der Waals surface area contributed by atoms with E-state index in [1.54, 1.807) is 0 Å². The van der Waals surface area contributed by atoms with Gasteiger partial charge in [0.2, 0.25) is 0 Å². The summed E-state index contributed by atoms with van der Waals surface area (Å²) in [6.07, 6.45) is 0. The fourth-order valence-corrected chi connectivity index (χ4v) is 2.21. The summed E-state index contributed by atoms with van der Waals surface area (Å²) in [6.45, 7) is 1.92. The van der Waals surface area contributed by atoms with Gasteiger partial charge in [-0.05, 0) is 19.1 Å². The van der Waals surface area contributed by atoms with Crippen molar-refractivity contribution in [3.8, 4) is 11.5 Å². The van der Waals surface area contributed by atoms with Crippen LogP contribution in [0.5, 0.6) is 11.5 Å². The van der Waals surface area contributed by atoms with Gasteiger partial charge < -0.3 is 10.5 Å². The summed E-state index contributed by atoms with van der Waals surface area (Å²) >= 11 is 0. The number of hydrogen-bond donors (Lipinski definition) is 1. The number of allylic oxidation sites excluding steroid dienone is 1. The standard InChI is InChI=1S/C15H13NO/c1-10(16)15-11-6-2-4-8-13(11)17-14-9-5-3-7-12(14)15/h2-9H,16H2,1H3. The zero-order valence-electron chi connectivity index (χ0n) is 9.60. The van der Waals surface area contributed by atoms with Crippen molar-refractivity contribution in [3.05, 3.63) is 65.4 Å². The van der Waals surface area contributed by atoms with E-state index >= 15 is 0 Å². The molecule has 0 atom stereocenters. The second-order valence-corrected chi connectivity index (χ2v) is 4.15. The van der Waals surface area contributed by atoms with Gasteiger partial charge >= 0.3 is 0 Å². The van der Waals surface area contributed by atoms with Crippen LogP contribution in [0.2, 0.25) is 0 Å². The first-order chi connectivity index (χ1) is 8.27. The fraction of sp³-hybridized carbons (Fsp3) is 0.0667. The van der Waals surface area contributed by atoms with Gasteiger partial charge in [-0.15, -0.1) is 0 Å². The molecule has 0 radical (unpaired) electrons. The predicted octanol–water partition coefficient (Wildman–Crippen LogP) is 3.53. The maximum absolute atomic E-state index is 6.02. The number of fused-ring (bicyclic) bond motifs is 2. The highest BCUT2D eigenvalue weighted by Gasteiger charge is 2.21. The van der Waals surface area contributed by atoms with E-state index in [1.807, 2.05) is 55.5 Å². The summed E-state index contributed by atoms with van der Waals surface area (Å²) in [5, 5.41) is 0. The summed E-state index contributed by atoms with van der Waals surface area (Å²) < 4.78 is 5.87. The zero-order valence-corrected chi connectivity index (χ0v) is 9.60. The third-order valence-electron chi connectivity index (χ3n) is 2.93. The van der Waals surface area contributed by atoms with E-state index in [0.29, 0.717) is 0 Å². The molecule has 17 heavy (non-hydrogen) atoms. The van der Waals surface area contributed by atoms with Gasteiger partial charge in [-0.2, -0.15) is 0 Å². The van der Waals surface area contributed by atoms with Crippen molar-refractivity contribution in [2.75, 3.05) is 0 Å². The maximum atomic E-state index is 6.02. The molecule has 2 aromatic carbocycles. The van der Waals surface area contributed by atoms with Crippen molar-refractivity contribution in [3.63, 3.8) is 0 Å². The fourth-order valence-electron chi connectivity index (χ4n) is 2.21. The van der Waals surface area contributed by atoms with Gasteiger partial charge in [0.1, 0.15) is 11.5 Å². The minimum Gasteiger partial charge on any atom is -0.456 e. The van der Waals surface area contributed by atoms with Gasteiger partial charge in [-0.25, -0.2) is 0 Å². The molecule has 2 nitrogen and oxygen atoms in total. The van der Waals surface area contributed by atoms with E-state index in [9.17, 15) is 0 Å². The van der Waals surface area contributed by atoms with Crippen LogP contribution >= 0.6 is 0 Å². The first-order valence-electron chi connectivity index (χ1n) is 5.60. The molecule has 1 heterocycles. The van der Waals surface area contributed by atoms with E-state index in [0.717, 1.165) is 33.9 Å². The topological polar surface area (TPSA) is 35.2 Å². The molecular formula is C15H13NO. The van der Waals surface area contributed by atoms with Crippen molar-refractivity contribution in [2.24, 2.45) is 5.73 Å². The van der Waals surface area contributed by atoms with Gasteiger partial charge in [-0.3, -0.25) is 0 Å². The summed E-state index contributed by atoms with van der Waals surface area (Å²) in [5.74, 6) is 1.73. The number of rotatable bonds is 0. The molecule has 1 aliphatic rings. The molecule has 0 spiro atoms. The van der Waals surface area contributed by atoms with Gasteiger partial charge in [0.15, 0.2) is 0 Å². The van der Waals surface area contributed by atoms with Crippen LogP contribution in [0.3, 0.4) is 0 Å². The van der Waals surface area contributed by atoms with Crippen LogP contribution in [0.15, 0.2) is 54.2 Å². The molecule has 0 aliphatic carbocycles. The smallest absolute Gasteiger partial charge is 0.135 e. The summed E-state index contributed by atoms with van der Waals surface area (Å²) in [7, 11) is 0. The quantitative estimate of drug-likeness (QED) is 0.632. The minimum atomic E-state index is 0.813. The Balaban J connectivity index is 2.33. The lowest BCUT2D eigenvalue weighted by Gasteiger charge is -2.23. The molecule has 1 aliphatic heterocycles. The second-order valence-electron chi connectivity index (χ2n) is 4.15. The van der Waals surface area contributed by atoms with Gasteiger partial charge in [-0.1, -0.05) is 36.4 Å². The Labute approximate surface area is 100 Å². The molecular weight excluding hydrogens is 210 g/mol. The lowest BCUT2D eigenvalue weighted by atomic mass is 9.93. The first kappa shape index (κ1) is 9.97. The molecule has 84 valence electrons. The van der Waals surface area contributed by atoms with Crippen LogP contribution in [0.4, 0.5) is 0 Å². The van der Waals surface area contributed by atoms with Crippen LogP contribution in [0.25, 0.3) is 5.57 Å². The monoisotopic (exact) mass is 223 g/mol. The van der Waals surface area contributed by atoms with Crippen molar-refractivity contribution in [1.82, 2.24) is 0 Å². The highest BCUT2D eigenvalue weighted by atomic mass is 16.5. The number of para-hydroxylation sites is 2. The SMILES string of the molecule is CC(N)=C1c2ccccc2Oc2ccccc21. The van der Waals surface area contributed by atoms with Crippen molar-refractivity contribution >= 4 is 5.57 Å². The normalized spacial score (nSPS) is 12.4. The Hall–Kier alpha value is -2.22. The van der Waals surface area contributed by atoms with E-state index in [2.05, 4.69) is 0 Å². The molecule has 0 aromatic heterocycles. The summed E-state index contributed by atoms with van der Waals surface area (Å²) in [6, 6.07) is 15.9. The molecule has 2 aromatic rings. The highest BCUT2D eigenvalue weighted by molar-refractivity contribution is 5.89. The van der Waals surface area contributed by atoms with Gasteiger partial charge in [0.25, 0.3) is 0 Å². The van der Waals surface area contributed by atoms with Crippen LogP contribution < -0.4 is 10.5 Å². The Morgan fingerprint density at radius 1 is 0.882 bits per heavy atom. The third kappa shape index (κ3) is 1.49. The van der Waals surface area contributed by atoms with E-state index in [1.165, 1.54) is 0 Å². The van der Waals surface area contributed by atoms with Crippen molar-refractivity contribution in [1.29, 1.82) is 0 Å². The molecule has 2 N–H and O–H groups in total. The molecule has 0 unspecified atom stereocenters. The van der Waals surface area contributed by atoms with Crippen LogP contribution in [0.1, 0.15) is 18.1 Å². The zero-order chi connectivity index (χ0) is 11.8. The van der Waals surface area contributed by atoms with Crippen LogP contribution in [-0.2, 0) is 0 Å². The van der Waals surface area contributed by atoms with Crippen molar-refractivity contribution < 1.29 is 4.74 Å². The van der Waals surface area contributed by atoms with Gasteiger partial charge in [0.05, 0.1) is 0 Å². The third-order valence-corrected chi connectivity index (χ3v) is 2.93. The van der Waals surface area contributed by atoms with Crippen LogP contribution in [-0.4, -0.2) is 0 Å². The van der Waals surface area contributed by atoms with Gasteiger partial charge in [0, 0.05) is 22.4 Å².